The lowest BCUT2D eigenvalue weighted by Crippen LogP contribution is -2.37. The van der Waals surface area contributed by atoms with E-state index in [0.717, 1.165) is 34.8 Å². The number of sulfonamides is 1. The molecule has 6 nitrogen and oxygen atoms in total. The molecule has 0 radical (unpaired) electrons. The summed E-state index contributed by atoms with van der Waals surface area (Å²) >= 11 is 0. The fourth-order valence-corrected chi connectivity index (χ4v) is 3.22. The van der Waals surface area contributed by atoms with Crippen LogP contribution in [0.15, 0.2) is 61.2 Å². The molecule has 1 N–H and O–H groups in total. The van der Waals surface area contributed by atoms with E-state index < -0.39 is 34.2 Å². The summed E-state index contributed by atoms with van der Waals surface area (Å²) < 4.78 is 68.3. The van der Waals surface area contributed by atoms with Crippen molar-refractivity contribution < 1.29 is 31.1 Å². The molecule has 2 aromatic carbocycles. The van der Waals surface area contributed by atoms with Crippen molar-refractivity contribution in [1.82, 2.24) is 0 Å². The molecular formula is C19H19F3N2O4S. The topological polar surface area (TPSA) is 75.7 Å². The molecule has 156 valence electrons. The van der Waals surface area contributed by atoms with Crippen LogP contribution in [0.1, 0.15) is 5.56 Å². The van der Waals surface area contributed by atoms with Crippen LogP contribution in [0.3, 0.4) is 0 Å². The average Bonchev–Trinajstić information content (AvgIpc) is 2.63. The molecular weight excluding hydrogens is 409 g/mol. The Kier molecular flexibility index (Phi) is 6.91. The Labute approximate surface area is 166 Å². The molecule has 1 amide bonds. The summed E-state index contributed by atoms with van der Waals surface area (Å²) in [6.45, 7) is 3.19. The quantitative estimate of drug-likeness (QED) is 0.651. The normalized spacial score (nSPS) is 11.6. The van der Waals surface area contributed by atoms with E-state index in [2.05, 4.69) is 11.9 Å². The molecule has 0 spiro atoms. The van der Waals surface area contributed by atoms with Gasteiger partial charge < -0.3 is 10.1 Å². The number of ether oxygens (including phenoxy) is 1. The van der Waals surface area contributed by atoms with Crippen molar-refractivity contribution in [2.24, 2.45) is 0 Å². The van der Waals surface area contributed by atoms with Crippen LogP contribution >= 0.6 is 0 Å². The highest BCUT2D eigenvalue weighted by Crippen LogP contribution is 2.31. The summed E-state index contributed by atoms with van der Waals surface area (Å²) in [6.07, 6.45) is -2.13. The van der Waals surface area contributed by atoms with Gasteiger partial charge in [-0.3, -0.25) is 9.10 Å². The first-order valence-corrected chi connectivity index (χ1v) is 10.1. The first kappa shape index (κ1) is 22.3. The minimum atomic E-state index is -4.55. The summed E-state index contributed by atoms with van der Waals surface area (Å²) in [7, 11) is -3.92. The van der Waals surface area contributed by atoms with Gasteiger partial charge >= 0.3 is 6.18 Å². The second-order valence-corrected chi connectivity index (χ2v) is 7.90. The second kappa shape index (κ2) is 8.99. The maximum absolute atomic E-state index is 12.7. The van der Waals surface area contributed by atoms with E-state index in [0.29, 0.717) is 11.4 Å². The van der Waals surface area contributed by atoms with Gasteiger partial charge in [0.15, 0.2) is 0 Å². The molecule has 0 bridgehead atoms. The van der Waals surface area contributed by atoms with Crippen molar-refractivity contribution in [1.29, 1.82) is 0 Å². The maximum atomic E-state index is 12.7. The molecule has 0 aromatic heterocycles. The Bertz CT molecular complexity index is 974. The fourth-order valence-electron chi connectivity index (χ4n) is 2.37. The monoisotopic (exact) mass is 428 g/mol. The number of nitrogens with zero attached hydrogens (tertiary/aromatic N) is 1. The standard InChI is InChI=1S/C19H19F3N2O4S/c1-3-11-28-17-6-4-5-15(12-17)23-18(25)13-24(29(2,26)27)16-9-7-14(8-10-16)19(20,21)22/h3-10,12H,1,11,13H2,2H3,(H,23,25). The minimum absolute atomic E-state index is 0.0567. The zero-order valence-corrected chi connectivity index (χ0v) is 16.3. The highest BCUT2D eigenvalue weighted by Gasteiger charge is 2.30. The Morgan fingerprint density at radius 2 is 1.86 bits per heavy atom. The molecule has 0 heterocycles. The zero-order chi connectivity index (χ0) is 21.7. The Morgan fingerprint density at radius 1 is 1.21 bits per heavy atom. The summed E-state index contributed by atoms with van der Waals surface area (Å²) in [4.78, 5) is 12.3. The van der Waals surface area contributed by atoms with Crippen molar-refractivity contribution in [2.75, 3.05) is 29.0 Å². The second-order valence-electron chi connectivity index (χ2n) is 5.99. The lowest BCUT2D eigenvalue weighted by atomic mass is 10.2. The van der Waals surface area contributed by atoms with E-state index in [1.807, 2.05) is 0 Å². The number of alkyl halides is 3. The largest absolute Gasteiger partial charge is 0.489 e. The van der Waals surface area contributed by atoms with Crippen molar-refractivity contribution in [3.63, 3.8) is 0 Å². The van der Waals surface area contributed by atoms with Gasteiger partial charge in [0.1, 0.15) is 18.9 Å². The minimum Gasteiger partial charge on any atom is -0.489 e. The van der Waals surface area contributed by atoms with Gasteiger partial charge in [0.2, 0.25) is 15.9 Å². The van der Waals surface area contributed by atoms with Gasteiger partial charge in [0.25, 0.3) is 0 Å². The van der Waals surface area contributed by atoms with E-state index in [4.69, 9.17) is 4.74 Å². The van der Waals surface area contributed by atoms with E-state index in [1.165, 1.54) is 0 Å². The lowest BCUT2D eigenvalue weighted by Gasteiger charge is -2.22. The number of halogens is 3. The van der Waals surface area contributed by atoms with Crippen LogP contribution in [0.25, 0.3) is 0 Å². The number of benzene rings is 2. The van der Waals surface area contributed by atoms with Gasteiger partial charge in [0, 0.05) is 11.8 Å². The molecule has 10 heteroatoms. The van der Waals surface area contributed by atoms with Gasteiger partial charge in [-0.25, -0.2) is 8.42 Å². The maximum Gasteiger partial charge on any atom is 0.416 e. The van der Waals surface area contributed by atoms with Crippen molar-refractivity contribution in [2.45, 2.75) is 6.18 Å². The zero-order valence-electron chi connectivity index (χ0n) is 15.4. The van der Waals surface area contributed by atoms with Crippen molar-refractivity contribution >= 4 is 27.3 Å². The number of hydrogen-bond donors (Lipinski definition) is 1. The number of amides is 1. The van der Waals surface area contributed by atoms with Crippen LogP contribution in [0.5, 0.6) is 5.75 Å². The highest BCUT2D eigenvalue weighted by atomic mass is 32.2. The molecule has 29 heavy (non-hydrogen) atoms. The Morgan fingerprint density at radius 3 is 2.41 bits per heavy atom. The smallest absolute Gasteiger partial charge is 0.416 e. The molecule has 0 aliphatic heterocycles. The van der Waals surface area contributed by atoms with Crippen LogP contribution in [0.4, 0.5) is 24.5 Å². The lowest BCUT2D eigenvalue weighted by molar-refractivity contribution is -0.137. The average molecular weight is 428 g/mol. The molecule has 0 saturated carbocycles. The number of carbonyl (C=O) groups is 1. The fraction of sp³-hybridized carbons (Fsp3) is 0.211. The molecule has 0 aliphatic carbocycles. The number of nitrogens with one attached hydrogen (secondary N) is 1. The highest BCUT2D eigenvalue weighted by molar-refractivity contribution is 7.92. The van der Waals surface area contributed by atoms with E-state index >= 15 is 0 Å². The number of anilines is 2. The molecule has 0 atom stereocenters. The Balaban J connectivity index is 2.17. The third kappa shape index (κ3) is 6.53. The number of hydrogen-bond acceptors (Lipinski definition) is 4. The first-order valence-electron chi connectivity index (χ1n) is 8.29. The third-order valence-corrected chi connectivity index (χ3v) is 4.80. The van der Waals surface area contributed by atoms with Gasteiger partial charge in [-0.05, 0) is 36.4 Å². The first-order chi connectivity index (χ1) is 13.5. The molecule has 0 saturated heterocycles. The Hall–Kier alpha value is -3.01. The van der Waals surface area contributed by atoms with Crippen LogP contribution < -0.4 is 14.4 Å². The van der Waals surface area contributed by atoms with Gasteiger partial charge in [-0.15, -0.1) is 0 Å². The molecule has 2 rings (SSSR count). The summed E-state index contributed by atoms with van der Waals surface area (Å²) in [5.74, 6) is -0.193. The number of carbonyl (C=O) groups excluding carboxylic acids is 1. The van der Waals surface area contributed by atoms with E-state index in [1.54, 1.807) is 30.3 Å². The predicted octanol–water partition coefficient (Wildman–Crippen LogP) is 3.67. The summed E-state index contributed by atoms with van der Waals surface area (Å²) in [6, 6.07) is 9.95. The van der Waals surface area contributed by atoms with Crippen molar-refractivity contribution in [3.05, 3.63) is 66.7 Å². The molecule has 2 aromatic rings. The van der Waals surface area contributed by atoms with E-state index in [-0.39, 0.29) is 12.3 Å². The number of rotatable bonds is 8. The van der Waals surface area contributed by atoms with Gasteiger partial charge in [0.05, 0.1) is 17.5 Å². The van der Waals surface area contributed by atoms with E-state index in [9.17, 15) is 26.4 Å². The summed E-state index contributed by atoms with van der Waals surface area (Å²) in [5.41, 5.74) is -0.605. The van der Waals surface area contributed by atoms with Gasteiger partial charge in [-0.2, -0.15) is 13.2 Å². The molecule has 0 aliphatic rings. The molecule has 0 fully saturated rings. The predicted molar refractivity (Wildman–Crippen MR) is 104 cm³/mol. The summed E-state index contributed by atoms with van der Waals surface area (Å²) in [5, 5.41) is 2.54. The van der Waals surface area contributed by atoms with Crippen LogP contribution in [0.2, 0.25) is 0 Å². The van der Waals surface area contributed by atoms with Gasteiger partial charge in [-0.1, -0.05) is 18.7 Å². The van der Waals surface area contributed by atoms with Crippen LogP contribution in [-0.4, -0.2) is 33.7 Å². The van der Waals surface area contributed by atoms with Crippen molar-refractivity contribution in [3.8, 4) is 5.75 Å². The third-order valence-electron chi connectivity index (χ3n) is 3.66. The SMILES string of the molecule is C=CCOc1cccc(NC(=O)CN(c2ccc(C(F)(F)F)cc2)S(C)(=O)=O)c1. The van der Waals surface area contributed by atoms with Crippen LogP contribution in [0, 0.1) is 0 Å². The molecule has 0 unspecified atom stereocenters. The van der Waals surface area contributed by atoms with Crippen LogP contribution in [-0.2, 0) is 21.0 Å².